The molecule has 0 aromatic carbocycles. The number of rotatable bonds is 0. The summed E-state index contributed by atoms with van der Waals surface area (Å²) < 4.78 is 4.65. The van der Waals surface area contributed by atoms with E-state index in [1.54, 1.807) is 0 Å². The first-order valence-corrected chi connectivity index (χ1v) is 2.77. The molecule has 0 bridgehead atoms. The van der Waals surface area contributed by atoms with Crippen LogP contribution in [0.25, 0.3) is 0 Å². The summed E-state index contributed by atoms with van der Waals surface area (Å²) in [5.74, 6) is 0. The summed E-state index contributed by atoms with van der Waals surface area (Å²) in [6, 6.07) is 0. The number of ether oxygens (including phenoxy) is 1. The van der Waals surface area contributed by atoms with Crippen molar-refractivity contribution in [2.24, 2.45) is 4.99 Å². The third-order valence-electron chi connectivity index (χ3n) is 0.757. The molecule has 0 aliphatic carbocycles. The van der Waals surface area contributed by atoms with E-state index >= 15 is 0 Å². The van der Waals surface area contributed by atoms with Gasteiger partial charge < -0.3 is 4.74 Å². The molecule has 0 spiro atoms. The van der Waals surface area contributed by atoms with Crippen LogP contribution in [0.3, 0.4) is 0 Å². The fourth-order valence-corrected chi connectivity index (χ4v) is 0.393. The fourth-order valence-electron chi connectivity index (χ4n) is 0.393. The van der Waals surface area contributed by atoms with Crippen LogP contribution in [0.15, 0.2) is 11.3 Å². The second-order valence-electron chi connectivity index (χ2n) is 1.45. The molecule has 0 saturated carbocycles. The van der Waals surface area contributed by atoms with Crippen molar-refractivity contribution >= 4 is 6.40 Å². The minimum atomic E-state index is 0.778. The molecular formula is C4H7N5O. The van der Waals surface area contributed by atoms with Gasteiger partial charge in [-0.2, -0.15) is 0 Å². The van der Waals surface area contributed by atoms with E-state index < -0.39 is 0 Å². The van der Waals surface area contributed by atoms with E-state index in [9.17, 15) is 0 Å². The van der Waals surface area contributed by atoms with Crippen molar-refractivity contribution in [2.45, 2.75) is 0 Å². The maximum atomic E-state index is 4.65. The largest absolute Gasteiger partial charge is 0.482 e. The molecule has 10 heavy (non-hydrogen) atoms. The van der Waals surface area contributed by atoms with Crippen LogP contribution in [0.5, 0.6) is 0 Å². The molecule has 6 nitrogen and oxygen atoms in total. The Kier molecular flexibility index (Phi) is 2.94. The van der Waals surface area contributed by atoms with E-state index in [-0.39, 0.29) is 0 Å². The predicted octanol–water partition coefficient (Wildman–Crippen LogP) is -0.755. The molecule has 1 aromatic heterocycles. The number of tetrazole rings is 1. The Labute approximate surface area is 57.3 Å². The Hall–Kier alpha value is -1.46. The molecule has 1 aliphatic rings. The number of nitrogens with zero attached hydrogens (tertiary/aromatic N) is 4. The number of hydrogen-bond donors (Lipinski definition) is 1. The third-order valence-corrected chi connectivity index (χ3v) is 0.757. The van der Waals surface area contributed by atoms with Gasteiger partial charge in [0.2, 0.25) is 0 Å². The van der Waals surface area contributed by atoms with Crippen LogP contribution in [-0.4, -0.2) is 40.2 Å². The van der Waals surface area contributed by atoms with E-state index in [1.807, 2.05) is 0 Å². The zero-order valence-electron chi connectivity index (χ0n) is 5.27. The van der Waals surface area contributed by atoms with Crippen molar-refractivity contribution in [1.29, 1.82) is 0 Å². The van der Waals surface area contributed by atoms with Crippen LogP contribution < -0.4 is 0 Å². The number of H-pyrrole nitrogens is 1. The zero-order valence-corrected chi connectivity index (χ0v) is 5.27. The van der Waals surface area contributed by atoms with Crippen LogP contribution in [0.2, 0.25) is 0 Å². The third kappa shape index (κ3) is 2.75. The highest BCUT2D eigenvalue weighted by atomic mass is 16.5. The average molecular weight is 141 g/mol. The van der Waals surface area contributed by atoms with Crippen molar-refractivity contribution in [1.82, 2.24) is 20.6 Å². The van der Waals surface area contributed by atoms with Crippen LogP contribution in [0.4, 0.5) is 0 Å². The second-order valence-corrected chi connectivity index (χ2v) is 1.45. The molecule has 2 rings (SSSR count). The first-order valence-electron chi connectivity index (χ1n) is 2.77. The highest BCUT2D eigenvalue weighted by Gasteiger charge is 1.84. The van der Waals surface area contributed by atoms with Gasteiger partial charge in [-0.25, -0.2) is 5.10 Å². The Balaban J connectivity index is 0.0000001000. The Morgan fingerprint density at radius 1 is 1.50 bits per heavy atom. The molecule has 0 atom stereocenters. The second kappa shape index (κ2) is 4.42. The summed E-state index contributed by atoms with van der Waals surface area (Å²) in [6.07, 6.45) is 2.89. The lowest BCUT2D eigenvalue weighted by Gasteiger charge is -1.76. The van der Waals surface area contributed by atoms with Crippen molar-refractivity contribution in [3.63, 3.8) is 0 Å². The standard InChI is InChI=1S/C3H5NO.CH2N4/c1-2-5-3-4-1;1-2-4-5-3-1/h3H,1-2H2;1H,(H,2,3,4,5). The number of nitrogens with one attached hydrogen (secondary N) is 1. The first kappa shape index (κ1) is 6.66. The summed E-state index contributed by atoms with van der Waals surface area (Å²) in [4.78, 5) is 3.74. The summed E-state index contributed by atoms with van der Waals surface area (Å²) in [7, 11) is 0. The van der Waals surface area contributed by atoms with Gasteiger partial charge in [-0.15, -0.1) is 5.10 Å². The van der Waals surface area contributed by atoms with E-state index in [0.717, 1.165) is 13.2 Å². The number of hydrogen-bond acceptors (Lipinski definition) is 5. The molecule has 0 amide bonds. The molecule has 1 aromatic rings. The summed E-state index contributed by atoms with van der Waals surface area (Å²) >= 11 is 0. The molecule has 0 radical (unpaired) electrons. The van der Waals surface area contributed by atoms with Gasteiger partial charge >= 0.3 is 0 Å². The molecule has 0 unspecified atom stereocenters. The quantitative estimate of drug-likeness (QED) is 0.515. The molecule has 54 valence electrons. The maximum absolute atomic E-state index is 4.65. The van der Waals surface area contributed by atoms with Crippen LogP contribution in [0.1, 0.15) is 0 Å². The number of aromatic amines is 1. The van der Waals surface area contributed by atoms with Crippen molar-refractivity contribution in [2.75, 3.05) is 13.2 Å². The fraction of sp³-hybridized carbons (Fsp3) is 0.500. The number of aliphatic imine (C=N–C) groups is 1. The summed E-state index contributed by atoms with van der Waals surface area (Å²) in [5.41, 5.74) is 0. The molecule has 0 saturated heterocycles. The SMILES string of the molecule is C1=NCCO1.c1nnn[nH]1. The smallest absolute Gasteiger partial charge is 0.169 e. The van der Waals surface area contributed by atoms with Crippen LogP contribution in [-0.2, 0) is 4.74 Å². The summed E-state index contributed by atoms with van der Waals surface area (Å²) in [5, 5.41) is 12.1. The van der Waals surface area contributed by atoms with E-state index in [4.69, 9.17) is 0 Å². The van der Waals surface area contributed by atoms with Gasteiger partial charge in [0.05, 0.1) is 6.54 Å². The van der Waals surface area contributed by atoms with Crippen molar-refractivity contribution in [3.8, 4) is 0 Å². The van der Waals surface area contributed by atoms with Crippen molar-refractivity contribution in [3.05, 3.63) is 6.33 Å². The molecule has 1 aliphatic heterocycles. The van der Waals surface area contributed by atoms with E-state index in [2.05, 4.69) is 30.4 Å². The van der Waals surface area contributed by atoms with Crippen LogP contribution in [0, 0.1) is 0 Å². The minimum Gasteiger partial charge on any atom is -0.482 e. The Morgan fingerprint density at radius 3 is 2.70 bits per heavy atom. The predicted molar refractivity (Wildman–Crippen MR) is 33.5 cm³/mol. The summed E-state index contributed by atoms with van der Waals surface area (Å²) in [6.45, 7) is 1.62. The highest BCUT2D eigenvalue weighted by Crippen LogP contribution is 1.78. The first-order chi connectivity index (χ1) is 5.00. The van der Waals surface area contributed by atoms with E-state index in [0.29, 0.717) is 0 Å². The molecule has 1 N–H and O–H groups in total. The topological polar surface area (TPSA) is 76.1 Å². The Bertz CT molecular complexity index is 149. The lowest BCUT2D eigenvalue weighted by molar-refractivity contribution is 0.361. The van der Waals surface area contributed by atoms with E-state index in [1.165, 1.54) is 12.7 Å². The lowest BCUT2D eigenvalue weighted by atomic mass is 10.8. The normalized spacial score (nSPS) is 13.6. The van der Waals surface area contributed by atoms with Gasteiger partial charge in [-0.3, -0.25) is 4.99 Å². The van der Waals surface area contributed by atoms with Gasteiger partial charge in [0.15, 0.2) is 6.40 Å². The highest BCUT2D eigenvalue weighted by molar-refractivity contribution is 5.47. The average Bonchev–Trinajstić information content (AvgIpc) is 2.67. The van der Waals surface area contributed by atoms with Crippen LogP contribution >= 0.6 is 0 Å². The lowest BCUT2D eigenvalue weighted by Crippen LogP contribution is -1.80. The monoisotopic (exact) mass is 141 g/mol. The van der Waals surface area contributed by atoms with Gasteiger partial charge in [-0.05, 0) is 10.4 Å². The molecular weight excluding hydrogens is 134 g/mol. The zero-order chi connectivity index (χ0) is 7.07. The van der Waals surface area contributed by atoms with Crippen molar-refractivity contribution < 1.29 is 4.74 Å². The van der Waals surface area contributed by atoms with Gasteiger partial charge in [0.1, 0.15) is 12.9 Å². The molecule has 6 heteroatoms. The van der Waals surface area contributed by atoms with Gasteiger partial charge in [0.25, 0.3) is 0 Å². The van der Waals surface area contributed by atoms with Gasteiger partial charge in [-0.1, -0.05) is 0 Å². The maximum Gasteiger partial charge on any atom is 0.169 e. The molecule has 0 fully saturated rings. The molecule has 2 heterocycles. The Morgan fingerprint density at radius 2 is 2.50 bits per heavy atom. The number of aromatic nitrogens is 4. The van der Waals surface area contributed by atoms with Gasteiger partial charge in [0, 0.05) is 0 Å². The minimum absolute atomic E-state index is 0.778.